The van der Waals surface area contributed by atoms with Crippen LogP contribution in [0.1, 0.15) is 0 Å². The highest BCUT2D eigenvalue weighted by molar-refractivity contribution is 7.77. The summed E-state index contributed by atoms with van der Waals surface area (Å²) in [6.07, 6.45) is 0. The molecule has 33 heavy (non-hydrogen) atoms. The van der Waals surface area contributed by atoms with E-state index in [1.165, 1.54) is 0 Å². The van der Waals surface area contributed by atoms with E-state index in [1.807, 2.05) is 0 Å². The summed E-state index contributed by atoms with van der Waals surface area (Å²) in [6.45, 7) is 1.08. The lowest BCUT2D eigenvalue weighted by Gasteiger charge is -2.06. The number of rotatable bonds is 16. The zero-order valence-corrected chi connectivity index (χ0v) is 32.2. The lowest BCUT2D eigenvalue weighted by atomic mass is 11.9. The Balaban J connectivity index is 5.37. The van der Waals surface area contributed by atoms with Gasteiger partial charge < -0.3 is 71.0 Å². The largest absolute Gasteiger partial charge is 0.577 e. The fraction of sp³-hybridized carbons (Fsp3) is 1.00. The molecule has 0 aliphatic carbocycles. The molecule has 0 saturated carbocycles. The van der Waals surface area contributed by atoms with Crippen LogP contribution < -0.4 is 0 Å². The number of hydrogen-bond donors (Lipinski definition) is 0. The molecule has 0 radical (unpaired) electrons. The maximum absolute atomic E-state index is 12.2. The van der Waals surface area contributed by atoms with Gasteiger partial charge in [0.25, 0.3) is 8.56 Å². The second-order valence-electron chi connectivity index (χ2n) is 5.34. The van der Waals surface area contributed by atoms with Crippen molar-refractivity contribution < 1.29 is 71.0 Å². The van der Waals surface area contributed by atoms with Crippen LogP contribution in [0.15, 0.2) is 0 Å². The van der Waals surface area contributed by atoms with Gasteiger partial charge in [-0.2, -0.15) is 0 Å². The molecule has 0 amide bonds. The minimum atomic E-state index is -4.06. The van der Waals surface area contributed by atoms with Crippen LogP contribution in [0.3, 0.4) is 0 Å². The molecule has 170 valence electrons. The average Bonchev–Trinajstić information content (AvgIpc) is 2.82. The molecule has 1 unspecified atom stereocenters. The summed E-state index contributed by atoms with van der Waals surface area (Å²) in [4.78, 5) is 0. The summed E-state index contributed by atoms with van der Waals surface area (Å²) in [6, 6.07) is 0. The minimum absolute atomic E-state index is 1.08. The molecule has 0 aliphatic rings. The van der Waals surface area contributed by atoms with Crippen LogP contribution >= 0.6 is 0 Å². The Hall–Kier alpha value is 0.270. The van der Waals surface area contributed by atoms with E-state index in [2.05, 4.69) is 0 Å². The second kappa shape index (κ2) is 15.4. The minimum Gasteiger partial charge on any atom is -0.577 e. The Bertz CT molecular complexity index is 1120. The summed E-state index contributed by atoms with van der Waals surface area (Å²) >= 11 is 0. The van der Waals surface area contributed by atoms with Crippen LogP contribution in [0, 0.1) is 0 Å². The van der Waals surface area contributed by atoms with Crippen molar-refractivity contribution >= 4 is 127 Å². The van der Waals surface area contributed by atoms with E-state index in [9.17, 15) is 66.9 Å². The van der Waals surface area contributed by atoms with Gasteiger partial charge in [-0.1, -0.05) is 0 Å². The molecule has 0 aliphatic heterocycles. The van der Waals surface area contributed by atoms with Crippen LogP contribution in [0.4, 0.5) is 0 Å². The Labute approximate surface area is 203 Å². The summed E-state index contributed by atoms with van der Waals surface area (Å²) in [5.74, 6) is 0. The van der Waals surface area contributed by atoms with Crippen molar-refractivity contribution in [3.63, 3.8) is 0 Å². The van der Waals surface area contributed by atoms with E-state index >= 15 is 0 Å². The smallest absolute Gasteiger partial charge is 0.532 e. The molecule has 0 saturated heterocycles. The van der Waals surface area contributed by atoms with Gasteiger partial charge in [-0.3, -0.25) is 0 Å². The standard InChI is InChI=1S/CH6O16Si16/c1-20(24(7)26(9)22(5)18-2)17-21(4)25(8)28(11)30(13)32(15)33(16)31(14)29(12)27(10)23(6)19-3/h18-20H,1H3. The highest BCUT2D eigenvalue weighted by Crippen LogP contribution is 1.91. The monoisotopic (exact) mass is 722 g/mol. The van der Waals surface area contributed by atoms with Gasteiger partial charge in [0.05, 0.1) is 0 Å². The molecule has 1 atom stereocenters. The van der Waals surface area contributed by atoms with Gasteiger partial charge >= 0.3 is 119 Å². The van der Waals surface area contributed by atoms with Crippen LogP contribution in [-0.4, -0.2) is 127 Å². The average molecular weight is 723 g/mol. The lowest BCUT2D eigenvalue weighted by molar-refractivity contribution is 0.472. The molecule has 0 aromatic rings. The Morgan fingerprint density at radius 3 is 1.15 bits per heavy atom. The first kappa shape index (κ1) is 33.3. The first-order chi connectivity index (χ1) is 15.1. The molecule has 16 nitrogen and oxygen atoms in total. The molecule has 0 aromatic carbocycles. The van der Waals surface area contributed by atoms with Gasteiger partial charge in [0.15, 0.2) is 0 Å². The predicted octanol–water partition coefficient (Wildman–Crippen LogP) is -8.16. The summed E-state index contributed by atoms with van der Waals surface area (Å²) in [5, 5.41) is 0. The van der Waals surface area contributed by atoms with Crippen molar-refractivity contribution in [1.29, 1.82) is 0 Å². The van der Waals surface area contributed by atoms with Crippen molar-refractivity contribution in [2.75, 3.05) is 0 Å². The Kier molecular flexibility index (Phi) is 15.5. The van der Waals surface area contributed by atoms with Gasteiger partial charge in [0.1, 0.15) is 0 Å². The Morgan fingerprint density at radius 2 is 0.788 bits per heavy atom. The van der Waals surface area contributed by atoms with Gasteiger partial charge in [0.2, 0.25) is 0 Å². The molecule has 0 aromatic heterocycles. The molecular formula is CH6O16Si16. The van der Waals surface area contributed by atoms with Crippen molar-refractivity contribution in [1.82, 2.24) is 0 Å². The van der Waals surface area contributed by atoms with E-state index in [1.54, 1.807) is 0 Å². The SMILES string of the molecule is C[SiH](O[Si](=O)[Si](=O)[Si](=O)[Si](=O)[Si](=O)[Si](=O)[Si](=O)[Si](=O)[Si](=O)[Si](=O)[SiH]=O)[Si](=O)[Si](=O)[Si](=O)[SiH]=O. The maximum Gasteiger partial charge on any atom is 0.532 e. The lowest BCUT2D eigenvalue weighted by Crippen LogP contribution is -2.54. The van der Waals surface area contributed by atoms with E-state index in [0.717, 1.165) is 6.55 Å². The van der Waals surface area contributed by atoms with Crippen LogP contribution in [0.25, 0.3) is 0 Å². The quantitative estimate of drug-likeness (QED) is 0.134. The molecule has 0 heterocycles. The summed E-state index contributed by atoms with van der Waals surface area (Å²) < 4.78 is 180. The normalized spacial score (nSPS) is 10.5. The summed E-state index contributed by atoms with van der Waals surface area (Å²) in [7, 11) is -55.6. The van der Waals surface area contributed by atoms with Gasteiger partial charge in [-0.25, -0.2) is 0 Å². The molecule has 0 rings (SSSR count). The van der Waals surface area contributed by atoms with E-state index in [0.29, 0.717) is 0 Å². The summed E-state index contributed by atoms with van der Waals surface area (Å²) in [5.41, 5.74) is 0. The van der Waals surface area contributed by atoms with Gasteiger partial charge in [-0.15, -0.1) is 0 Å². The third-order valence-corrected chi connectivity index (χ3v) is 104. The number of hydrogen-bond acceptors (Lipinski definition) is 16. The van der Waals surface area contributed by atoms with Crippen LogP contribution in [0.5, 0.6) is 0 Å². The van der Waals surface area contributed by atoms with Crippen molar-refractivity contribution in [3.8, 4) is 0 Å². The molecular weight excluding hydrogens is 717 g/mol. The highest BCUT2D eigenvalue weighted by atomic mass is 30.1. The first-order valence-corrected chi connectivity index (χ1v) is 45.0. The third-order valence-electron chi connectivity index (χ3n) is 3.17. The zero-order chi connectivity index (χ0) is 26.2. The molecule has 0 N–H and O–H groups in total. The zero-order valence-electron chi connectivity index (χ0n) is 15.8. The molecule has 0 spiro atoms. The van der Waals surface area contributed by atoms with Crippen molar-refractivity contribution in [2.45, 2.75) is 6.55 Å². The fourth-order valence-electron chi connectivity index (χ4n) is 1.50. The molecule has 0 bridgehead atoms. The van der Waals surface area contributed by atoms with Crippen LogP contribution in [-0.2, 0) is 71.0 Å². The highest BCUT2D eigenvalue weighted by Gasteiger charge is 2.52. The Morgan fingerprint density at radius 1 is 0.485 bits per heavy atom. The van der Waals surface area contributed by atoms with Crippen molar-refractivity contribution in [2.24, 2.45) is 0 Å². The van der Waals surface area contributed by atoms with Crippen molar-refractivity contribution in [3.05, 3.63) is 0 Å². The second-order valence-corrected chi connectivity index (χ2v) is 74.2. The van der Waals surface area contributed by atoms with Crippen LogP contribution in [0.2, 0.25) is 6.55 Å². The maximum atomic E-state index is 12.2. The van der Waals surface area contributed by atoms with E-state index < -0.39 is 127 Å². The van der Waals surface area contributed by atoms with E-state index in [4.69, 9.17) is 4.12 Å². The fourth-order valence-corrected chi connectivity index (χ4v) is 136. The first-order valence-electron chi connectivity index (χ1n) is 7.76. The molecule has 32 heteroatoms. The van der Waals surface area contributed by atoms with Gasteiger partial charge in [0, 0.05) is 0 Å². The van der Waals surface area contributed by atoms with Gasteiger partial charge in [-0.05, 0) is 6.55 Å². The van der Waals surface area contributed by atoms with E-state index in [-0.39, 0.29) is 0 Å². The third kappa shape index (κ3) is 9.34. The topological polar surface area (TPSA) is 265 Å². The predicted molar refractivity (Wildman–Crippen MR) is 113 cm³/mol. The molecule has 0 fully saturated rings.